The molecule has 0 radical (unpaired) electrons. The van der Waals surface area contributed by atoms with Crippen molar-refractivity contribution in [1.29, 1.82) is 0 Å². The van der Waals surface area contributed by atoms with Crippen LogP contribution in [0.1, 0.15) is 26.4 Å². The molecule has 3 aromatic rings. The first-order valence-electron chi connectivity index (χ1n) is 6.17. The molecule has 0 amide bonds. The van der Waals surface area contributed by atoms with E-state index in [-0.39, 0.29) is 16.8 Å². The van der Waals surface area contributed by atoms with Gasteiger partial charge in [-0.15, -0.1) is 0 Å². The maximum Gasteiger partial charge on any atom is 0.335 e. The van der Waals surface area contributed by atoms with Gasteiger partial charge in [-0.1, -0.05) is 0 Å². The number of aromatic carboxylic acids is 1. The second-order valence-electron chi connectivity index (χ2n) is 4.55. The quantitative estimate of drug-likeness (QED) is 0.755. The third-order valence-corrected chi connectivity index (χ3v) is 3.16. The third-order valence-electron chi connectivity index (χ3n) is 3.16. The van der Waals surface area contributed by atoms with E-state index in [1.165, 1.54) is 22.7 Å². The Labute approximate surface area is 122 Å². The molecule has 0 spiro atoms. The number of carbonyl (C=O) groups excluding carboxylic acids is 1. The molecule has 0 unspecified atom stereocenters. The van der Waals surface area contributed by atoms with E-state index in [9.17, 15) is 18.4 Å². The summed E-state index contributed by atoms with van der Waals surface area (Å²) in [7, 11) is 0. The van der Waals surface area contributed by atoms with Crippen molar-refractivity contribution in [1.82, 2.24) is 9.38 Å². The number of aromatic nitrogens is 2. The number of rotatable bonds is 3. The van der Waals surface area contributed by atoms with Crippen LogP contribution in [-0.2, 0) is 0 Å². The molecule has 5 nitrogen and oxygen atoms in total. The van der Waals surface area contributed by atoms with Crippen molar-refractivity contribution in [2.45, 2.75) is 0 Å². The lowest BCUT2D eigenvalue weighted by atomic mass is 10.1. The third kappa shape index (κ3) is 2.22. The zero-order valence-electron chi connectivity index (χ0n) is 11.0. The molecule has 0 fully saturated rings. The Balaban J connectivity index is 2.10. The van der Waals surface area contributed by atoms with Gasteiger partial charge in [0, 0.05) is 6.20 Å². The van der Waals surface area contributed by atoms with E-state index in [4.69, 9.17) is 5.11 Å². The van der Waals surface area contributed by atoms with Crippen molar-refractivity contribution in [2.75, 3.05) is 0 Å². The van der Waals surface area contributed by atoms with E-state index < -0.39 is 23.4 Å². The zero-order chi connectivity index (χ0) is 15.9. The van der Waals surface area contributed by atoms with Crippen molar-refractivity contribution in [3.63, 3.8) is 0 Å². The standard InChI is InChI=1S/C15H8F2N2O3/c16-9-2-4-13-18-6-12(19(13)7-9)14(20)10-3-1-8(15(21)22)5-11(10)17/h1-7H,(H,21,22). The molecule has 0 aliphatic heterocycles. The van der Waals surface area contributed by atoms with E-state index >= 15 is 0 Å². The van der Waals surface area contributed by atoms with Gasteiger partial charge in [0.05, 0.1) is 17.3 Å². The average Bonchev–Trinajstić information content (AvgIpc) is 2.89. The Morgan fingerprint density at radius 1 is 1.14 bits per heavy atom. The number of carboxylic acids is 1. The normalized spacial score (nSPS) is 10.8. The molecule has 2 aromatic heterocycles. The molecule has 1 N–H and O–H groups in total. The molecular weight excluding hydrogens is 294 g/mol. The van der Waals surface area contributed by atoms with E-state index in [2.05, 4.69) is 4.98 Å². The van der Waals surface area contributed by atoms with Crippen LogP contribution in [0.25, 0.3) is 5.65 Å². The summed E-state index contributed by atoms with van der Waals surface area (Å²) in [6, 6.07) is 5.55. The Hall–Kier alpha value is -3.09. The number of nitrogens with zero attached hydrogens (tertiary/aromatic N) is 2. The first kappa shape index (κ1) is 13.9. The lowest BCUT2D eigenvalue weighted by Gasteiger charge is -2.04. The van der Waals surface area contributed by atoms with Gasteiger partial charge in [0.25, 0.3) is 0 Å². The Morgan fingerprint density at radius 3 is 2.59 bits per heavy atom. The second kappa shape index (κ2) is 5.03. The van der Waals surface area contributed by atoms with Crippen LogP contribution >= 0.6 is 0 Å². The van der Waals surface area contributed by atoms with Crippen molar-refractivity contribution in [3.8, 4) is 0 Å². The Kier molecular flexibility index (Phi) is 3.17. The van der Waals surface area contributed by atoms with Crippen LogP contribution in [0.15, 0.2) is 42.7 Å². The van der Waals surface area contributed by atoms with Gasteiger partial charge in [0.2, 0.25) is 5.78 Å². The fourth-order valence-electron chi connectivity index (χ4n) is 2.09. The maximum atomic E-state index is 13.9. The van der Waals surface area contributed by atoms with Gasteiger partial charge in [-0.3, -0.25) is 9.20 Å². The molecule has 0 atom stereocenters. The topological polar surface area (TPSA) is 71.7 Å². The minimum atomic E-state index is -1.30. The predicted octanol–water partition coefficient (Wildman–Crippen LogP) is 2.54. The van der Waals surface area contributed by atoms with Gasteiger partial charge in [0.15, 0.2) is 0 Å². The monoisotopic (exact) mass is 302 g/mol. The minimum Gasteiger partial charge on any atom is -0.478 e. The van der Waals surface area contributed by atoms with E-state index in [0.29, 0.717) is 5.65 Å². The van der Waals surface area contributed by atoms with Gasteiger partial charge in [-0.2, -0.15) is 0 Å². The molecule has 0 saturated heterocycles. The summed E-state index contributed by atoms with van der Waals surface area (Å²) in [5.74, 6) is -3.54. The van der Waals surface area contributed by atoms with Crippen LogP contribution in [0, 0.1) is 11.6 Å². The largest absolute Gasteiger partial charge is 0.478 e. The second-order valence-corrected chi connectivity index (χ2v) is 4.55. The fourth-order valence-corrected chi connectivity index (χ4v) is 2.09. The predicted molar refractivity (Wildman–Crippen MR) is 71.9 cm³/mol. The smallest absolute Gasteiger partial charge is 0.335 e. The van der Waals surface area contributed by atoms with Crippen molar-refractivity contribution in [3.05, 3.63) is 71.2 Å². The number of benzene rings is 1. The molecule has 2 heterocycles. The van der Waals surface area contributed by atoms with Crippen LogP contribution < -0.4 is 0 Å². The molecule has 22 heavy (non-hydrogen) atoms. The SMILES string of the molecule is O=C(O)c1ccc(C(=O)c2cnc3ccc(F)cn23)c(F)c1. The lowest BCUT2D eigenvalue weighted by Crippen LogP contribution is -2.09. The number of carbonyl (C=O) groups is 2. The molecule has 0 bridgehead atoms. The number of pyridine rings is 1. The van der Waals surface area contributed by atoms with Crippen LogP contribution in [-0.4, -0.2) is 26.2 Å². The Bertz CT molecular complexity index is 918. The zero-order valence-corrected chi connectivity index (χ0v) is 11.0. The number of fused-ring (bicyclic) bond motifs is 1. The minimum absolute atomic E-state index is 0.0172. The summed E-state index contributed by atoms with van der Waals surface area (Å²) in [5.41, 5.74) is -0.252. The highest BCUT2D eigenvalue weighted by Crippen LogP contribution is 2.17. The van der Waals surface area contributed by atoms with Gasteiger partial charge in [-0.05, 0) is 30.3 Å². The van der Waals surface area contributed by atoms with Crippen molar-refractivity contribution in [2.24, 2.45) is 0 Å². The van der Waals surface area contributed by atoms with E-state index in [1.807, 2.05) is 0 Å². The summed E-state index contributed by atoms with van der Waals surface area (Å²) >= 11 is 0. The first-order chi connectivity index (χ1) is 10.5. The van der Waals surface area contributed by atoms with Crippen LogP contribution in [0.5, 0.6) is 0 Å². The first-order valence-corrected chi connectivity index (χ1v) is 6.17. The van der Waals surface area contributed by atoms with Gasteiger partial charge >= 0.3 is 5.97 Å². The van der Waals surface area contributed by atoms with Crippen molar-refractivity contribution >= 4 is 17.4 Å². The lowest BCUT2D eigenvalue weighted by molar-refractivity contribution is 0.0695. The number of ketones is 1. The molecule has 7 heteroatoms. The molecule has 3 rings (SSSR count). The number of hydrogen-bond donors (Lipinski definition) is 1. The van der Waals surface area contributed by atoms with Crippen LogP contribution in [0.3, 0.4) is 0 Å². The van der Waals surface area contributed by atoms with Gasteiger partial charge in [0.1, 0.15) is 23.0 Å². The van der Waals surface area contributed by atoms with Crippen LogP contribution in [0.4, 0.5) is 8.78 Å². The molecular formula is C15H8F2N2O3. The summed E-state index contributed by atoms with van der Waals surface area (Å²) in [6.07, 6.45) is 2.28. The molecule has 110 valence electrons. The number of halogens is 2. The Morgan fingerprint density at radius 2 is 1.91 bits per heavy atom. The highest BCUT2D eigenvalue weighted by Gasteiger charge is 2.19. The van der Waals surface area contributed by atoms with E-state index in [0.717, 1.165) is 24.4 Å². The fraction of sp³-hybridized carbons (Fsp3) is 0. The number of imidazole rings is 1. The summed E-state index contributed by atoms with van der Waals surface area (Å²) < 4.78 is 28.4. The van der Waals surface area contributed by atoms with E-state index in [1.54, 1.807) is 0 Å². The summed E-state index contributed by atoms with van der Waals surface area (Å²) in [4.78, 5) is 27.1. The van der Waals surface area contributed by atoms with Crippen LogP contribution in [0.2, 0.25) is 0 Å². The summed E-state index contributed by atoms with van der Waals surface area (Å²) in [5, 5.41) is 8.79. The molecule has 1 aromatic carbocycles. The molecule has 0 saturated carbocycles. The molecule has 0 aliphatic rings. The summed E-state index contributed by atoms with van der Waals surface area (Å²) in [6.45, 7) is 0. The van der Waals surface area contributed by atoms with Crippen molar-refractivity contribution < 1.29 is 23.5 Å². The average molecular weight is 302 g/mol. The van der Waals surface area contributed by atoms with Gasteiger partial charge in [-0.25, -0.2) is 18.6 Å². The number of hydrogen-bond acceptors (Lipinski definition) is 3. The number of carboxylic acid groups (broad SMARTS) is 1. The maximum absolute atomic E-state index is 13.9. The molecule has 0 aliphatic carbocycles. The van der Waals surface area contributed by atoms with Gasteiger partial charge < -0.3 is 5.11 Å². The highest BCUT2D eigenvalue weighted by molar-refractivity contribution is 6.08. The highest BCUT2D eigenvalue weighted by atomic mass is 19.1.